The number of thiazole rings is 1. The summed E-state index contributed by atoms with van der Waals surface area (Å²) in [6, 6.07) is 5.73. The molecule has 2 rings (SSSR count). The van der Waals surface area contributed by atoms with E-state index in [9.17, 15) is 0 Å². The first-order chi connectivity index (χ1) is 14.5. The third-order valence-electron chi connectivity index (χ3n) is 4.32. The van der Waals surface area contributed by atoms with Crippen LogP contribution in [0.25, 0.3) is 0 Å². The summed E-state index contributed by atoms with van der Waals surface area (Å²) in [6.07, 6.45) is 5.29. The Kier molecular flexibility index (Phi) is 9.45. The number of benzene rings is 1. The number of methoxy groups -OCH3 is 2. The summed E-state index contributed by atoms with van der Waals surface area (Å²) in [4.78, 5) is 11.5. The highest BCUT2D eigenvalue weighted by atomic mass is 32.1. The Hall–Kier alpha value is -2.76. The van der Waals surface area contributed by atoms with E-state index in [4.69, 9.17) is 25.6 Å². The van der Waals surface area contributed by atoms with Crippen molar-refractivity contribution in [1.29, 1.82) is 0 Å². The van der Waals surface area contributed by atoms with Crippen LogP contribution in [0.5, 0.6) is 11.5 Å². The molecule has 1 aromatic heterocycles. The summed E-state index contributed by atoms with van der Waals surface area (Å²) in [7, 11) is 5.29. The first-order valence-corrected chi connectivity index (χ1v) is 10.6. The van der Waals surface area contributed by atoms with Crippen LogP contribution in [0.4, 0.5) is 0 Å². The second-order valence-electron chi connectivity index (χ2n) is 6.56. The zero-order chi connectivity index (χ0) is 21.9. The molecular weight excluding hydrogens is 400 g/mol. The predicted octanol–water partition coefficient (Wildman–Crippen LogP) is 3.47. The Morgan fingerprint density at radius 2 is 2.17 bits per heavy atom. The van der Waals surface area contributed by atoms with Gasteiger partial charge in [-0.05, 0) is 31.5 Å². The average Bonchev–Trinajstić information content (AvgIpc) is 3.22. The number of rotatable bonds is 10. The summed E-state index contributed by atoms with van der Waals surface area (Å²) >= 11 is 1.61. The zero-order valence-electron chi connectivity index (χ0n) is 18.3. The van der Waals surface area contributed by atoms with Crippen molar-refractivity contribution in [3.05, 3.63) is 39.8 Å². The predicted molar refractivity (Wildman–Crippen MR) is 121 cm³/mol. The fourth-order valence-corrected chi connectivity index (χ4v) is 3.53. The highest BCUT2D eigenvalue weighted by molar-refractivity contribution is 7.09. The molecule has 30 heavy (non-hydrogen) atoms. The van der Waals surface area contributed by atoms with Gasteiger partial charge in [0.2, 0.25) is 0 Å². The third-order valence-corrected chi connectivity index (χ3v) is 5.37. The standard InChI is InChI=1S/C22H30N4O3S/c1-7-11-29-20-12-17(9-10-19(20)28-6)13-24-22(23-8-2)26(4)14-18-15-30-21(25-18)16(3)27-5/h1,9-10,12,15-16H,8,11,13-14H2,2-6H3,(H,23,24). The van der Waals surface area contributed by atoms with Crippen molar-refractivity contribution < 1.29 is 14.2 Å². The molecular formula is C22H30N4O3S. The maximum Gasteiger partial charge on any atom is 0.194 e. The molecule has 162 valence electrons. The molecule has 1 heterocycles. The first-order valence-electron chi connectivity index (χ1n) is 9.72. The van der Waals surface area contributed by atoms with Gasteiger partial charge in [-0.1, -0.05) is 12.0 Å². The fourth-order valence-electron chi connectivity index (χ4n) is 2.69. The molecule has 0 saturated carbocycles. The number of ether oxygens (including phenoxy) is 3. The maximum atomic E-state index is 5.58. The lowest BCUT2D eigenvalue weighted by atomic mass is 10.2. The summed E-state index contributed by atoms with van der Waals surface area (Å²) in [6.45, 7) is 6.14. The Labute approximate surface area is 183 Å². The summed E-state index contributed by atoms with van der Waals surface area (Å²) < 4.78 is 16.3. The number of terminal acetylenes is 1. The minimum atomic E-state index is -0.00285. The summed E-state index contributed by atoms with van der Waals surface area (Å²) in [5, 5.41) is 6.36. The lowest BCUT2D eigenvalue weighted by Gasteiger charge is -2.21. The van der Waals surface area contributed by atoms with Crippen LogP contribution < -0.4 is 14.8 Å². The van der Waals surface area contributed by atoms with Crippen LogP contribution in [0.2, 0.25) is 0 Å². The normalized spacial score (nSPS) is 12.2. The van der Waals surface area contributed by atoms with Crippen molar-refractivity contribution in [2.75, 3.05) is 34.4 Å². The fraction of sp³-hybridized carbons (Fsp3) is 0.455. The van der Waals surface area contributed by atoms with E-state index in [-0.39, 0.29) is 12.7 Å². The second-order valence-corrected chi connectivity index (χ2v) is 7.45. The molecule has 1 atom stereocenters. The van der Waals surface area contributed by atoms with Gasteiger partial charge in [-0.3, -0.25) is 0 Å². The van der Waals surface area contributed by atoms with Crippen LogP contribution in [0.3, 0.4) is 0 Å². The molecule has 1 aromatic carbocycles. The Morgan fingerprint density at radius 1 is 1.37 bits per heavy atom. The molecule has 0 aliphatic carbocycles. The van der Waals surface area contributed by atoms with Crippen LogP contribution in [0.1, 0.15) is 36.2 Å². The van der Waals surface area contributed by atoms with Gasteiger partial charge in [-0.15, -0.1) is 17.8 Å². The van der Waals surface area contributed by atoms with Gasteiger partial charge in [0.05, 0.1) is 25.9 Å². The number of nitrogens with one attached hydrogen (secondary N) is 1. The second kappa shape index (κ2) is 12.1. The van der Waals surface area contributed by atoms with E-state index in [1.54, 1.807) is 25.6 Å². The molecule has 0 saturated heterocycles. The highest BCUT2D eigenvalue weighted by Gasteiger charge is 2.13. The molecule has 0 bridgehead atoms. The quantitative estimate of drug-likeness (QED) is 0.354. The lowest BCUT2D eigenvalue weighted by Crippen LogP contribution is -2.38. The SMILES string of the molecule is C#CCOc1cc(CN=C(NCC)N(C)Cc2csc(C(C)OC)n2)ccc1OC. The van der Waals surface area contributed by atoms with E-state index in [0.29, 0.717) is 24.6 Å². The molecule has 1 unspecified atom stereocenters. The van der Waals surface area contributed by atoms with Gasteiger partial charge in [0.25, 0.3) is 0 Å². The topological polar surface area (TPSA) is 68.2 Å². The molecule has 0 aliphatic rings. The van der Waals surface area contributed by atoms with Crippen molar-refractivity contribution in [3.8, 4) is 23.8 Å². The molecule has 0 aliphatic heterocycles. The minimum absolute atomic E-state index is 0.00285. The Balaban J connectivity index is 2.11. The molecule has 0 amide bonds. The van der Waals surface area contributed by atoms with E-state index in [0.717, 1.165) is 28.8 Å². The molecule has 8 heteroatoms. The number of aromatic nitrogens is 1. The Morgan fingerprint density at radius 3 is 2.83 bits per heavy atom. The molecule has 2 aromatic rings. The maximum absolute atomic E-state index is 5.58. The van der Waals surface area contributed by atoms with Crippen LogP contribution >= 0.6 is 11.3 Å². The number of hydrogen-bond acceptors (Lipinski definition) is 6. The van der Waals surface area contributed by atoms with E-state index in [1.807, 2.05) is 39.1 Å². The van der Waals surface area contributed by atoms with Gasteiger partial charge in [0, 0.05) is 26.1 Å². The minimum Gasteiger partial charge on any atom is -0.493 e. The largest absolute Gasteiger partial charge is 0.493 e. The Bertz CT molecular complexity index is 876. The molecule has 0 spiro atoms. The van der Waals surface area contributed by atoms with E-state index in [1.165, 1.54) is 0 Å². The van der Waals surface area contributed by atoms with Gasteiger partial charge in [-0.2, -0.15) is 0 Å². The van der Waals surface area contributed by atoms with Crippen molar-refractivity contribution in [2.24, 2.45) is 4.99 Å². The van der Waals surface area contributed by atoms with Gasteiger partial charge in [-0.25, -0.2) is 9.98 Å². The molecule has 0 fully saturated rings. The average molecular weight is 431 g/mol. The van der Waals surface area contributed by atoms with Crippen molar-refractivity contribution in [3.63, 3.8) is 0 Å². The molecule has 7 nitrogen and oxygen atoms in total. The van der Waals surface area contributed by atoms with Crippen molar-refractivity contribution in [2.45, 2.75) is 33.0 Å². The number of guanidine groups is 1. The monoisotopic (exact) mass is 430 g/mol. The summed E-state index contributed by atoms with van der Waals surface area (Å²) in [5.41, 5.74) is 1.98. The van der Waals surface area contributed by atoms with Crippen LogP contribution in [0.15, 0.2) is 28.6 Å². The highest BCUT2D eigenvalue weighted by Crippen LogP contribution is 2.28. The van der Waals surface area contributed by atoms with E-state index in [2.05, 4.69) is 26.5 Å². The number of aliphatic imine (C=N–C) groups is 1. The van der Waals surface area contributed by atoms with Crippen molar-refractivity contribution in [1.82, 2.24) is 15.2 Å². The van der Waals surface area contributed by atoms with E-state index >= 15 is 0 Å². The molecule has 1 N–H and O–H groups in total. The summed E-state index contributed by atoms with van der Waals surface area (Å²) in [5.74, 6) is 4.53. The van der Waals surface area contributed by atoms with E-state index < -0.39 is 0 Å². The zero-order valence-corrected chi connectivity index (χ0v) is 19.1. The van der Waals surface area contributed by atoms with Gasteiger partial charge in [0.15, 0.2) is 17.5 Å². The third kappa shape index (κ3) is 6.65. The van der Waals surface area contributed by atoms with Gasteiger partial charge in [0.1, 0.15) is 17.7 Å². The van der Waals surface area contributed by atoms with Crippen LogP contribution in [-0.4, -0.2) is 50.3 Å². The van der Waals surface area contributed by atoms with Crippen LogP contribution in [0, 0.1) is 12.3 Å². The van der Waals surface area contributed by atoms with Gasteiger partial charge < -0.3 is 24.4 Å². The first kappa shape index (κ1) is 23.5. The number of hydrogen-bond donors (Lipinski definition) is 1. The number of nitrogens with zero attached hydrogens (tertiary/aromatic N) is 3. The van der Waals surface area contributed by atoms with Crippen LogP contribution in [-0.2, 0) is 17.8 Å². The van der Waals surface area contributed by atoms with Crippen molar-refractivity contribution >= 4 is 17.3 Å². The lowest BCUT2D eigenvalue weighted by molar-refractivity contribution is 0.119. The smallest absolute Gasteiger partial charge is 0.194 e. The molecule has 0 radical (unpaired) electrons. The van der Waals surface area contributed by atoms with Gasteiger partial charge >= 0.3 is 0 Å².